The molecule has 0 aliphatic carbocycles. The van der Waals surface area contributed by atoms with Crippen molar-refractivity contribution < 1.29 is 14.3 Å². The number of hydrogen-bond acceptors (Lipinski definition) is 3. The molecule has 0 fully saturated rings. The molecule has 0 N–H and O–H groups in total. The Kier molecular flexibility index (Phi) is 4.85. The minimum absolute atomic E-state index is 0.299. The van der Waals surface area contributed by atoms with Crippen LogP contribution >= 0.6 is 0 Å². The minimum Gasteiger partial charge on any atom is -0.487 e. The Morgan fingerprint density at radius 3 is 2.58 bits per heavy atom. The molecular weight excluding hydrogens is 302 g/mol. The van der Waals surface area contributed by atoms with E-state index in [4.69, 9.17) is 9.47 Å². The maximum atomic E-state index is 12.4. The topological polar surface area (TPSA) is 39.9 Å². The van der Waals surface area contributed by atoms with Crippen LogP contribution in [0.15, 0.2) is 54.9 Å². The van der Waals surface area contributed by atoms with Crippen LogP contribution in [0.25, 0.3) is 5.52 Å². The number of nitrogens with zero attached hydrogens (tertiary/aromatic N) is 1. The highest BCUT2D eigenvalue weighted by Gasteiger charge is 2.21. The van der Waals surface area contributed by atoms with Crippen LogP contribution < -0.4 is 4.74 Å². The summed E-state index contributed by atoms with van der Waals surface area (Å²) in [6.07, 6.45) is 4.65. The maximum Gasteiger partial charge on any atom is 0.340 e. The quantitative estimate of drug-likeness (QED) is 0.636. The molecule has 0 unspecified atom stereocenters. The summed E-state index contributed by atoms with van der Waals surface area (Å²) in [5.41, 5.74) is 3.41. The third-order valence-corrected chi connectivity index (χ3v) is 3.94. The van der Waals surface area contributed by atoms with E-state index < -0.39 is 0 Å². The molecular formula is C20H21NO3. The van der Waals surface area contributed by atoms with Gasteiger partial charge in [-0.15, -0.1) is 0 Å². The van der Waals surface area contributed by atoms with Crippen LogP contribution in [0.2, 0.25) is 0 Å². The Morgan fingerprint density at radius 2 is 1.88 bits per heavy atom. The molecule has 3 rings (SSSR count). The predicted molar refractivity (Wildman–Crippen MR) is 93.5 cm³/mol. The minimum atomic E-state index is -0.299. The van der Waals surface area contributed by atoms with Crippen LogP contribution in [0, 0.1) is 0 Å². The largest absolute Gasteiger partial charge is 0.487 e. The van der Waals surface area contributed by atoms with Crippen LogP contribution in [0.4, 0.5) is 0 Å². The summed E-state index contributed by atoms with van der Waals surface area (Å²) in [6, 6.07) is 13.8. The Bertz CT molecular complexity index is 837. The predicted octanol–water partition coefficient (Wildman–Crippen LogP) is 4.26. The molecule has 124 valence electrons. The molecule has 2 aromatic heterocycles. The normalized spacial score (nSPS) is 10.8. The highest BCUT2D eigenvalue weighted by molar-refractivity contribution is 6.00. The number of esters is 1. The van der Waals surface area contributed by atoms with Crippen LogP contribution in [-0.4, -0.2) is 17.0 Å². The Balaban J connectivity index is 2.01. The summed E-state index contributed by atoms with van der Waals surface area (Å²) >= 11 is 0. The fourth-order valence-electron chi connectivity index (χ4n) is 2.80. The van der Waals surface area contributed by atoms with E-state index in [-0.39, 0.29) is 5.97 Å². The smallest absolute Gasteiger partial charge is 0.340 e. The molecule has 4 nitrogen and oxygen atoms in total. The van der Waals surface area contributed by atoms with Crippen molar-refractivity contribution in [3.05, 3.63) is 71.5 Å². The van der Waals surface area contributed by atoms with E-state index in [1.807, 2.05) is 73.1 Å². The molecule has 24 heavy (non-hydrogen) atoms. The summed E-state index contributed by atoms with van der Waals surface area (Å²) < 4.78 is 13.2. The third-order valence-electron chi connectivity index (χ3n) is 3.94. The van der Waals surface area contributed by atoms with Gasteiger partial charge in [0, 0.05) is 12.4 Å². The van der Waals surface area contributed by atoms with Gasteiger partial charge in [0.25, 0.3) is 0 Å². The van der Waals surface area contributed by atoms with Gasteiger partial charge in [0.15, 0.2) is 0 Å². The van der Waals surface area contributed by atoms with Crippen LogP contribution in [0.1, 0.15) is 35.3 Å². The molecule has 0 bridgehead atoms. The number of aryl methyl sites for hydroxylation is 1. The van der Waals surface area contributed by atoms with E-state index in [9.17, 15) is 4.79 Å². The van der Waals surface area contributed by atoms with E-state index in [1.165, 1.54) is 0 Å². The summed E-state index contributed by atoms with van der Waals surface area (Å²) in [5.74, 6) is 0.386. The molecule has 1 aromatic carbocycles. The van der Waals surface area contributed by atoms with Gasteiger partial charge in [-0.3, -0.25) is 0 Å². The van der Waals surface area contributed by atoms with Crippen molar-refractivity contribution in [1.29, 1.82) is 0 Å². The summed E-state index contributed by atoms with van der Waals surface area (Å²) in [4.78, 5) is 12.4. The molecule has 0 aliphatic heterocycles. The lowest BCUT2D eigenvalue weighted by atomic mass is 10.1. The summed E-state index contributed by atoms with van der Waals surface area (Å²) in [5, 5.41) is 0. The SMILES string of the molecule is CCOC(=O)c1c(CC)cn2cccc(OCc3ccccc3)c12. The van der Waals surface area contributed by atoms with Crippen molar-refractivity contribution in [1.82, 2.24) is 4.40 Å². The molecule has 4 heteroatoms. The molecule has 0 radical (unpaired) electrons. The fourth-order valence-corrected chi connectivity index (χ4v) is 2.80. The van der Waals surface area contributed by atoms with E-state index in [2.05, 4.69) is 0 Å². The van der Waals surface area contributed by atoms with Crippen molar-refractivity contribution in [3.8, 4) is 5.75 Å². The van der Waals surface area contributed by atoms with Gasteiger partial charge in [0.05, 0.1) is 12.2 Å². The van der Waals surface area contributed by atoms with Crippen molar-refractivity contribution in [3.63, 3.8) is 0 Å². The van der Waals surface area contributed by atoms with E-state index in [0.29, 0.717) is 24.5 Å². The van der Waals surface area contributed by atoms with Gasteiger partial charge in [0.2, 0.25) is 0 Å². The van der Waals surface area contributed by atoms with Crippen molar-refractivity contribution in [2.45, 2.75) is 26.9 Å². The van der Waals surface area contributed by atoms with Gasteiger partial charge >= 0.3 is 5.97 Å². The first kappa shape index (κ1) is 16.1. The highest BCUT2D eigenvalue weighted by atomic mass is 16.5. The van der Waals surface area contributed by atoms with Crippen LogP contribution in [0.5, 0.6) is 5.75 Å². The zero-order valence-electron chi connectivity index (χ0n) is 14.0. The molecule has 0 saturated carbocycles. The van der Waals surface area contributed by atoms with Gasteiger partial charge in [-0.05, 0) is 36.6 Å². The van der Waals surface area contributed by atoms with Gasteiger partial charge in [0.1, 0.15) is 17.9 Å². The number of carbonyl (C=O) groups excluding carboxylic acids is 1. The van der Waals surface area contributed by atoms with E-state index >= 15 is 0 Å². The average molecular weight is 323 g/mol. The lowest BCUT2D eigenvalue weighted by molar-refractivity contribution is 0.0527. The first-order valence-corrected chi connectivity index (χ1v) is 8.21. The number of carbonyl (C=O) groups is 1. The fraction of sp³-hybridized carbons (Fsp3) is 0.250. The standard InChI is InChI=1S/C20H21NO3/c1-3-16-13-21-12-8-11-17(19(21)18(16)20(22)23-4-2)24-14-15-9-6-5-7-10-15/h5-13H,3-4,14H2,1-2H3. The first-order valence-electron chi connectivity index (χ1n) is 8.21. The number of pyridine rings is 1. The molecule has 2 heterocycles. The van der Waals surface area contributed by atoms with Gasteiger partial charge in [-0.2, -0.15) is 0 Å². The highest BCUT2D eigenvalue weighted by Crippen LogP contribution is 2.29. The van der Waals surface area contributed by atoms with Crippen molar-refractivity contribution in [2.24, 2.45) is 0 Å². The van der Waals surface area contributed by atoms with Gasteiger partial charge in [-0.25, -0.2) is 4.79 Å². The van der Waals surface area contributed by atoms with E-state index in [1.54, 1.807) is 0 Å². The number of rotatable bonds is 6. The number of fused-ring (bicyclic) bond motifs is 1. The number of ether oxygens (including phenoxy) is 2. The van der Waals surface area contributed by atoms with Crippen molar-refractivity contribution >= 4 is 11.5 Å². The lowest BCUT2D eigenvalue weighted by Crippen LogP contribution is -2.07. The zero-order chi connectivity index (χ0) is 16.9. The van der Waals surface area contributed by atoms with Crippen LogP contribution in [-0.2, 0) is 17.8 Å². The Morgan fingerprint density at radius 1 is 1.08 bits per heavy atom. The second-order valence-electron chi connectivity index (χ2n) is 5.51. The second kappa shape index (κ2) is 7.21. The number of benzene rings is 1. The molecule has 0 saturated heterocycles. The number of aromatic nitrogens is 1. The second-order valence-corrected chi connectivity index (χ2v) is 5.51. The maximum absolute atomic E-state index is 12.4. The van der Waals surface area contributed by atoms with Crippen LogP contribution in [0.3, 0.4) is 0 Å². The van der Waals surface area contributed by atoms with E-state index in [0.717, 1.165) is 23.1 Å². The average Bonchev–Trinajstić information content (AvgIpc) is 3.00. The monoisotopic (exact) mass is 323 g/mol. The third kappa shape index (κ3) is 3.13. The number of hydrogen-bond donors (Lipinski definition) is 0. The Hall–Kier alpha value is -2.75. The first-order chi connectivity index (χ1) is 11.7. The van der Waals surface area contributed by atoms with Crippen molar-refractivity contribution in [2.75, 3.05) is 6.61 Å². The molecule has 0 aliphatic rings. The molecule has 0 atom stereocenters. The summed E-state index contributed by atoms with van der Waals surface area (Å²) in [7, 11) is 0. The lowest BCUT2D eigenvalue weighted by Gasteiger charge is -2.10. The van der Waals surface area contributed by atoms with Gasteiger partial charge < -0.3 is 13.9 Å². The zero-order valence-corrected chi connectivity index (χ0v) is 14.0. The summed E-state index contributed by atoms with van der Waals surface area (Å²) in [6.45, 7) is 4.65. The molecule has 0 spiro atoms. The molecule has 3 aromatic rings. The Labute approximate surface area is 141 Å². The molecule has 0 amide bonds. The van der Waals surface area contributed by atoms with Gasteiger partial charge in [-0.1, -0.05) is 37.3 Å².